The molecule has 1 unspecified atom stereocenters. The highest BCUT2D eigenvalue weighted by molar-refractivity contribution is 6.00. The molecule has 0 spiro atoms. The van der Waals surface area contributed by atoms with Gasteiger partial charge in [-0.25, -0.2) is 0 Å². The van der Waals surface area contributed by atoms with Gasteiger partial charge < -0.3 is 15.0 Å². The van der Waals surface area contributed by atoms with Crippen molar-refractivity contribution in [2.75, 3.05) is 34.3 Å². The van der Waals surface area contributed by atoms with Crippen LogP contribution in [-0.4, -0.2) is 57.0 Å². The molecule has 0 bridgehead atoms. The highest BCUT2D eigenvalue weighted by atomic mass is 16.5. The van der Waals surface area contributed by atoms with Crippen LogP contribution in [0.5, 0.6) is 0 Å². The minimum Gasteiger partial charge on any atom is -0.469 e. The average molecular weight is 292 g/mol. The van der Waals surface area contributed by atoms with E-state index < -0.39 is 0 Å². The van der Waals surface area contributed by atoms with E-state index in [0.717, 1.165) is 6.54 Å². The normalized spacial score (nSPS) is 12.2. The Labute approximate surface area is 126 Å². The third-order valence-electron chi connectivity index (χ3n) is 3.19. The summed E-state index contributed by atoms with van der Waals surface area (Å²) >= 11 is 0. The molecule has 21 heavy (non-hydrogen) atoms. The van der Waals surface area contributed by atoms with Crippen LogP contribution in [0.1, 0.15) is 23.2 Å². The van der Waals surface area contributed by atoms with Gasteiger partial charge in [-0.05, 0) is 20.5 Å². The van der Waals surface area contributed by atoms with Crippen molar-refractivity contribution in [2.45, 2.75) is 18.9 Å². The summed E-state index contributed by atoms with van der Waals surface area (Å²) in [6, 6.07) is 8.77. The molecule has 0 amide bonds. The molecule has 0 aliphatic carbocycles. The quantitative estimate of drug-likeness (QED) is 0.550. The maximum Gasteiger partial charge on any atom is 0.305 e. The summed E-state index contributed by atoms with van der Waals surface area (Å²) in [5.41, 5.74) is 0.657. The van der Waals surface area contributed by atoms with E-state index in [1.807, 2.05) is 37.2 Å². The van der Waals surface area contributed by atoms with Crippen LogP contribution in [0.4, 0.5) is 0 Å². The number of carbonyl (C=O) groups is 2. The lowest BCUT2D eigenvalue weighted by molar-refractivity contribution is -0.140. The zero-order valence-electron chi connectivity index (χ0n) is 13.0. The number of likely N-dealkylation sites (N-methyl/N-ethyl adjacent to an activating group) is 1. The first kappa shape index (κ1) is 17.3. The first-order valence-corrected chi connectivity index (χ1v) is 7.08. The number of rotatable bonds is 9. The van der Waals surface area contributed by atoms with E-state index in [2.05, 4.69) is 10.1 Å². The highest BCUT2D eigenvalue weighted by Crippen LogP contribution is 2.08. The molecule has 5 nitrogen and oxygen atoms in total. The lowest BCUT2D eigenvalue weighted by atomic mass is 10.00. The summed E-state index contributed by atoms with van der Waals surface area (Å²) in [4.78, 5) is 25.8. The number of hydrogen-bond donors (Lipinski definition) is 1. The number of esters is 1. The van der Waals surface area contributed by atoms with Gasteiger partial charge in [0.15, 0.2) is 5.78 Å². The van der Waals surface area contributed by atoms with Gasteiger partial charge in [-0.3, -0.25) is 9.59 Å². The number of nitrogens with one attached hydrogen (secondary N) is 1. The third-order valence-corrected chi connectivity index (χ3v) is 3.19. The first-order chi connectivity index (χ1) is 10.0. The molecule has 0 fully saturated rings. The molecule has 0 aromatic heterocycles. The molecule has 0 radical (unpaired) electrons. The van der Waals surface area contributed by atoms with Gasteiger partial charge in [0.25, 0.3) is 0 Å². The Bertz CT molecular complexity index is 446. The van der Waals surface area contributed by atoms with Gasteiger partial charge in [-0.15, -0.1) is 0 Å². The molecule has 116 valence electrons. The predicted molar refractivity (Wildman–Crippen MR) is 82.4 cm³/mol. The van der Waals surface area contributed by atoms with E-state index in [9.17, 15) is 9.59 Å². The fourth-order valence-corrected chi connectivity index (χ4v) is 1.96. The van der Waals surface area contributed by atoms with Crippen molar-refractivity contribution in [2.24, 2.45) is 0 Å². The van der Waals surface area contributed by atoms with Crippen LogP contribution in [-0.2, 0) is 9.53 Å². The van der Waals surface area contributed by atoms with Gasteiger partial charge in [-0.1, -0.05) is 30.3 Å². The van der Waals surface area contributed by atoms with Crippen molar-refractivity contribution < 1.29 is 14.3 Å². The Kier molecular flexibility index (Phi) is 7.64. The number of nitrogens with zero attached hydrogens (tertiary/aromatic N) is 1. The van der Waals surface area contributed by atoms with Crippen molar-refractivity contribution in [1.29, 1.82) is 0 Å². The summed E-state index contributed by atoms with van der Waals surface area (Å²) in [7, 11) is 5.31. The van der Waals surface area contributed by atoms with Crippen LogP contribution in [0.3, 0.4) is 0 Å². The molecular formula is C16H24N2O3. The monoisotopic (exact) mass is 292 g/mol. The van der Waals surface area contributed by atoms with Gasteiger partial charge in [0.1, 0.15) is 0 Å². The predicted octanol–water partition coefficient (Wildman–Crippen LogP) is 1.34. The van der Waals surface area contributed by atoms with Crippen LogP contribution in [0, 0.1) is 0 Å². The van der Waals surface area contributed by atoms with Crippen LogP contribution < -0.4 is 5.32 Å². The fourth-order valence-electron chi connectivity index (χ4n) is 1.96. The SMILES string of the molecule is COC(=O)CCC(NCCN(C)C)C(=O)c1ccccc1. The second-order valence-corrected chi connectivity index (χ2v) is 5.16. The number of benzene rings is 1. The Morgan fingerprint density at radius 2 is 1.90 bits per heavy atom. The van der Waals surface area contributed by atoms with E-state index in [0.29, 0.717) is 18.5 Å². The zero-order valence-corrected chi connectivity index (χ0v) is 13.0. The molecule has 1 aromatic rings. The first-order valence-electron chi connectivity index (χ1n) is 7.08. The molecule has 1 rings (SSSR count). The molecule has 1 aromatic carbocycles. The van der Waals surface area contributed by atoms with Gasteiger partial charge in [0.2, 0.25) is 0 Å². The molecule has 1 N–H and O–H groups in total. The minimum absolute atomic E-state index is 0.0123. The zero-order chi connectivity index (χ0) is 15.7. The molecule has 0 aliphatic rings. The summed E-state index contributed by atoms with van der Waals surface area (Å²) in [5.74, 6) is -0.284. The minimum atomic E-state index is -0.369. The van der Waals surface area contributed by atoms with E-state index in [1.165, 1.54) is 7.11 Å². The molecule has 1 atom stereocenters. The number of ether oxygens (including phenoxy) is 1. The van der Waals surface area contributed by atoms with Crippen LogP contribution in [0.2, 0.25) is 0 Å². The highest BCUT2D eigenvalue weighted by Gasteiger charge is 2.20. The van der Waals surface area contributed by atoms with Crippen molar-refractivity contribution in [3.8, 4) is 0 Å². The molecule has 0 heterocycles. The van der Waals surface area contributed by atoms with Crippen LogP contribution >= 0.6 is 0 Å². The Morgan fingerprint density at radius 3 is 2.48 bits per heavy atom. The van der Waals surface area contributed by atoms with Crippen LogP contribution in [0.15, 0.2) is 30.3 Å². The molecule has 0 saturated heterocycles. The van der Waals surface area contributed by atoms with Crippen molar-refractivity contribution in [3.05, 3.63) is 35.9 Å². The van der Waals surface area contributed by atoms with E-state index in [4.69, 9.17) is 0 Å². The number of hydrogen-bond acceptors (Lipinski definition) is 5. The van der Waals surface area contributed by atoms with Crippen molar-refractivity contribution >= 4 is 11.8 Å². The van der Waals surface area contributed by atoms with E-state index in [1.54, 1.807) is 12.1 Å². The second-order valence-electron chi connectivity index (χ2n) is 5.16. The number of carbonyl (C=O) groups excluding carboxylic acids is 2. The van der Waals surface area contributed by atoms with Crippen molar-refractivity contribution in [3.63, 3.8) is 0 Å². The lowest BCUT2D eigenvalue weighted by Crippen LogP contribution is -2.40. The number of Topliss-reactive ketones (excluding diaryl/α,β-unsaturated/α-hetero) is 1. The number of ketones is 1. The summed E-state index contributed by atoms with van der Waals surface area (Å²) in [5, 5.41) is 3.23. The Balaban J connectivity index is 2.65. The van der Waals surface area contributed by atoms with Gasteiger partial charge in [0.05, 0.1) is 13.2 Å². The molecular weight excluding hydrogens is 268 g/mol. The molecule has 5 heteroatoms. The fraction of sp³-hybridized carbons (Fsp3) is 0.500. The van der Waals surface area contributed by atoms with Crippen LogP contribution in [0.25, 0.3) is 0 Å². The Morgan fingerprint density at radius 1 is 1.24 bits per heavy atom. The maximum atomic E-state index is 12.5. The number of methoxy groups -OCH3 is 1. The maximum absolute atomic E-state index is 12.5. The van der Waals surface area contributed by atoms with Crippen molar-refractivity contribution in [1.82, 2.24) is 10.2 Å². The third kappa shape index (κ3) is 6.51. The topological polar surface area (TPSA) is 58.6 Å². The molecule has 0 saturated carbocycles. The lowest BCUT2D eigenvalue weighted by Gasteiger charge is -2.19. The Hall–Kier alpha value is -1.72. The average Bonchev–Trinajstić information content (AvgIpc) is 2.50. The summed E-state index contributed by atoms with van der Waals surface area (Å²) in [6.07, 6.45) is 0.669. The summed E-state index contributed by atoms with van der Waals surface area (Å²) < 4.78 is 4.64. The van der Waals surface area contributed by atoms with Gasteiger partial charge >= 0.3 is 5.97 Å². The van der Waals surface area contributed by atoms with E-state index >= 15 is 0 Å². The van der Waals surface area contributed by atoms with E-state index in [-0.39, 0.29) is 24.2 Å². The van der Waals surface area contributed by atoms with Gasteiger partial charge in [0, 0.05) is 25.1 Å². The standard InChI is InChI=1S/C16H24N2O3/c1-18(2)12-11-17-14(9-10-15(19)21-3)16(20)13-7-5-4-6-8-13/h4-8,14,17H,9-12H2,1-3H3. The van der Waals surface area contributed by atoms with Gasteiger partial charge in [-0.2, -0.15) is 0 Å². The smallest absolute Gasteiger partial charge is 0.305 e. The molecule has 0 aliphatic heterocycles. The largest absolute Gasteiger partial charge is 0.469 e. The summed E-state index contributed by atoms with van der Waals surface area (Å²) in [6.45, 7) is 1.52. The second kappa shape index (κ2) is 9.26.